The second-order valence-electron chi connectivity index (χ2n) is 4.73. The lowest BCUT2D eigenvalue weighted by Gasteiger charge is -2.22. The molecule has 0 aliphatic carbocycles. The first kappa shape index (κ1) is 12.5. The molecule has 0 spiro atoms. The van der Waals surface area contributed by atoms with Gasteiger partial charge in [0.05, 0.1) is 18.0 Å². The minimum Gasteiger partial charge on any atom is -0.481 e. The van der Waals surface area contributed by atoms with Crippen molar-refractivity contribution in [3.05, 3.63) is 23.8 Å². The zero-order chi connectivity index (χ0) is 13.2. The summed E-state index contributed by atoms with van der Waals surface area (Å²) < 4.78 is 1.94. The zero-order valence-electron chi connectivity index (χ0n) is 10.5. The quantitative estimate of drug-likeness (QED) is 0.930. The normalized spacial score (nSPS) is 16.8. The van der Waals surface area contributed by atoms with Gasteiger partial charge < -0.3 is 5.11 Å². The van der Waals surface area contributed by atoms with Gasteiger partial charge in [0.15, 0.2) is 0 Å². The van der Waals surface area contributed by atoms with Gasteiger partial charge in [-0.1, -0.05) is 17.3 Å². The van der Waals surface area contributed by atoms with E-state index in [1.54, 1.807) is 0 Å². The van der Waals surface area contributed by atoms with E-state index in [1.807, 2.05) is 34.6 Å². The lowest BCUT2D eigenvalue weighted by Crippen LogP contribution is -2.17. The van der Waals surface area contributed by atoms with Gasteiger partial charge in [0.1, 0.15) is 5.52 Å². The largest absolute Gasteiger partial charge is 0.481 e. The van der Waals surface area contributed by atoms with E-state index >= 15 is 0 Å². The number of carboxylic acid groups (broad SMARTS) is 1. The molecule has 2 heterocycles. The molecule has 0 saturated carbocycles. The van der Waals surface area contributed by atoms with Crippen LogP contribution < -0.4 is 0 Å². The van der Waals surface area contributed by atoms with E-state index < -0.39 is 5.97 Å². The smallest absolute Gasteiger partial charge is 0.307 e. The first-order valence-corrected chi connectivity index (χ1v) is 7.53. The number of carboxylic acids is 1. The Hall–Kier alpha value is -1.56. The number of hydrogen-bond donors (Lipinski definition) is 1. The highest BCUT2D eigenvalue weighted by molar-refractivity contribution is 7.99. The average Bonchev–Trinajstić information content (AvgIpc) is 2.84. The van der Waals surface area contributed by atoms with E-state index in [4.69, 9.17) is 5.11 Å². The molecule has 19 heavy (non-hydrogen) atoms. The lowest BCUT2D eigenvalue weighted by atomic mass is 10.1. The predicted octanol–water partition coefficient (Wildman–Crippen LogP) is 2.13. The van der Waals surface area contributed by atoms with Crippen LogP contribution in [0.4, 0.5) is 0 Å². The SMILES string of the molecule is O=C(O)Cc1cccc2nnn(C3CCSCC3)c12. The van der Waals surface area contributed by atoms with Crippen LogP contribution in [0.25, 0.3) is 11.0 Å². The Kier molecular flexibility index (Phi) is 3.42. The molecular weight excluding hydrogens is 262 g/mol. The van der Waals surface area contributed by atoms with Crippen LogP contribution in [0.1, 0.15) is 24.4 Å². The molecule has 2 aromatic rings. The summed E-state index contributed by atoms with van der Waals surface area (Å²) in [6.45, 7) is 0. The average molecular weight is 277 g/mol. The van der Waals surface area contributed by atoms with Crippen molar-refractivity contribution in [2.75, 3.05) is 11.5 Å². The summed E-state index contributed by atoms with van der Waals surface area (Å²) in [5.41, 5.74) is 2.48. The molecule has 3 rings (SSSR count). The van der Waals surface area contributed by atoms with Gasteiger partial charge in [-0.25, -0.2) is 4.68 Å². The summed E-state index contributed by atoms with van der Waals surface area (Å²) in [6, 6.07) is 5.94. The summed E-state index contributed by atoms with van der Waals surface area (Å²) in [5.74, 6) is 1.44. The molecule has 1 aliphatic heterocycles. The van der Waals surface area contributed by atoms with Crippen molar-refractivity contribution in [3.8, 4) is 0 Å². The summed E-state index contributed by atoms with van der Waals surface area (Å²) in [6.07, 6.45) is 2.17. The minimum absolute atomic E-state index is 0.0200. The van der Waals surface area contributed by atoms with E-state index in [9.17, 15) is 4.79 Å². The lowest BCUT2D eigenvalue weighted by molar-refractivity contribution is -0.136. The molecule has 0 amide bonds. The maximum atomic E-state index is 11.0. The van der Waals surface area contributed by atoms with Crippen LogP contribution in [0.3, 0.4) is 0 Å². The van der Waals surface area contributed by atoms with E-state index in [0.717, 1.165) is 40.9 Å². The second kappa shape index (κ2) is 5.21. The molecule has 6 heteroatoms. The van der Waals surface area contributed by atoms with Gasteiger partial charge in [0, 0.05) is 0 Å². The number of benzene rings is 1. The first-order valence-electron chi connectivity index (χ1n) is 6.38. The summed E-state index contributed by atoms with van der Waals surface area (Å²) in [7, 11) is 0. The highest BCUT2D eigenvalue weighted by atomic mass is 32.2. The Balaban J connectivity index is 2.06. The molecule has 1 N–H and O–H groups in total. The van der Waals surface area contributed by atoms with Gasteiger partial charge in [-0.2, -0.15) is 11.8 Å². The molecule has 1 saturated heterocycles. The standard InChI is InChI=1S/C13H15N3O2S/c17-12(18)8-9-2-1-3-11-13(9)16(15-14-11)10-4-6-19-7-5-10/h1-3,10H,4-8H2,(H,17,18). The van der Waals surface area contributed by atoms with Gasteiger partial charge in [-0.3, -0.25) is 4.79 Å². The fourth-order valence-corrected chi connectivity index (χ4v) is 3.64. The Bertz CT molecular complexity index is 605. The van der Waals surface area contributed by atoms with Crippen LogP contribution in [-0.4, -0.2) is 37.6 Å². The number of fused-ring (bicyclic) bond motifs is 1. The molecule has 1 fully saturated rings. The molecule has 100 valence electrons. The van der Waals surface area contributed by atoms with Crippen molar-refractivity contribution in [2.24, 2.45) is 0 Å². The monoisotopic (exact) mass is 277 g/mol. The Morgan fingerprint density at radius 1 is 1.42 bits per heavy atom. The Labute approximate surface area is 115 Å². The van der Waals surface area contributed by atoms with Gasteiger partial charge >= 0.3 is 5.97 Å². The fourth-order valence-electron chi connectivity index (χ4n) is 2.55. The maximum Gasteiger partial charge on any atom is 0.307 e. The van der Waals surface area contributed by atoms with Crippen LogP contribution in [0.15, 0.2) is 18.2 Å². The first-order chi connectivity index (χ1) is 9.25. The molecule has 0 unspecified atom stereocenters. The highest BCUT2D eigenvalue weighted by Gasteiger charge is 2.21. The third-order valence-corrected chi connectivity index (χ3v) is 4.50. The number of carbonyl (C=O) groups is 1. The third kappa shape index (κ3) is 2.45. The van der Waals surface area contributed by atoms with Crippen molar-refractivity contribution >= 4 is 28.8 Å². The molecule has 0 bridgehead atoms. The highest BCUT2D eigenvalue weighted by Crippen LogP contribution is 2.30. The molecule has 5 nitrogen and oxygen atoms in total. The molecule has 1 aliphatic rings. The van der Waals surface area contributed by atoms with Crippen LogP contribution in [0.5, 0.6) is 0 Å². The number of aliphatic carboxylic acids is 1. The van der Waals surface area contributed by atoms with Crippen LogP contribution in [0, 0.1) is 0 Å². The minimum atomic E-state index is -0.820. The Morgan fingerprint density at radius 2 is 2.21 bits per heavy atom. The van der Waals surface area contributed by atoms with Gasteiger partial charge in [-0.05, 0) is 36.0 Å². The number of nitrogens with zero attached hydrogens (tertiary/aromatic N) is 3. The molecule has 0 radical (unpaired) electrons. The molecule has 1 aromatic heterocycles. The van der Waals surface area contributed by atoms with Crippen LogP contribution >= 0.6 is 11.8 Å². The molecule has 0 atom stereocenters. The van der Waals surface area contributed by atoms with Crippen molar-refractivity contribution < 1.29 is 9.90 Å². The number of thioether (sulfide) groups is 1. The summed E-state index contributed by atoms with van der Waals surface area (Å²) >= 11 is 1.96. The predicted molar refractivity (Wildman–Crippen MR) is 74.5 cm³/mol. The van der Waals surface area contributed by atoms with Gasteiger partial charge in [-0.15, -0.1) is 5.10 Å². The summed E-state index contributed by atoms with van der Waals surface area (Å²) in [4.78, 5) is 11.0. The second-order valence-corrected chi connectivity index (χ2v) is 5.96. The Morgan fingerprint density at radius 3 is 2.95 bits per heavy atom. The number of aromatic nitrogens is 3. The van der Waals surface area contributed by atoms with Gasteiger partial charge in [0.2, 0.25) is 0 Å². The van der Waals surface area contributed by atoms with Crippen molar-refractivity contribution in [1.29, 1.82) is 0 Å². The molecule has 1 aromatic carbocycles. The van der Waals surface area contributed by atoms with E-state index in [0.29, 0.717) is 6.04 Å². The van der Waals surface area contributed by atoms with E-state index in [2.05, 4.69) is 10.3 Å². The van der Waals surface area contributed by atoms with Gasteiger partial charge in [0.25, 0.3) is 0 Å². The van der Waals surface area contributed by atoms with Crippen molar-refractivity contribution in [2.45, 2.75) is 25.3 Å². The van der Waals surface area contributed by atoms with Crippen molar-refractivity contribution in [3.63, 3.8) is 0 Å². The number of hydrogen-bond acceptors (Lipinski definition) is 4. The topological polar surface area (TPSA) is 68.0 Å². The molecular formula is C13H15N3O2S. The zero-order valence-corrected chi connectivity index (χ0v) is 11.3. The number of rotatable bonds is 3. The van der Waals surface area contributed by atoms with E-state index in [1.165, 1.54) is 0 Å². The van der Waals surface area contributed by atoms with E-state index in [-0.39, 0.29) is 6.42 Å². The van der Waals surface area contributed by atoms with Crippen molar-refractivity contribution in [1.82, 2.24) is 15.0 Å². The van der Waals surface area contributed by atoms with Crippen LogP contribution in [-0.2, 0) is 11.2 Å². The van der Waals surface area contributed by atoms with Crippen LogP contribution in [0.2, 0.25) is 0 Å². The third-order valence-electron chi connectivity index (χ3n) is 3.45. The number of para-hydroxylation sites is 1. The summed E-state index contributed by atoms with van der Waals surface area (Å²) in [5, 5.41) is 17.4. The maximum absolute atomic E-state index is 11.0. The fraction of sp³-hybridized carbons (Fsp3) is 0.462.